The van der Waals surface area contributed by atoms with Gasteiger partial charge in [0.1, 0.15) is 11.5 Å². The first-order valence-electron chi connectivity index (χ1n) is 6.69. The van der Waals surface area contributed by atoms with Crippen molar-refractivity contribution in [3.05, 3.63) is 48.0 Å². The van der Waals surface area contributed by atoms with Crippen LogP contribution in [-0.4, -0.2) is 25.5 Å². The number of carbonyl (C=O) groups excluding carboxylic acids is 2. The normalized spacial score (nSPS) is 12.7. The first-order chi connectivity index (χ1) is 10.7. The van der Waals surface area contributed by atoms with Crippen LogP contribution >= 0.6 is 0 Å². The summed E-state index contributed by atoms with van der Waals surface area (Å²) in [6, 6.07) is 12.1. The molecule has 1 aliphatic heterocycles. The van der Waals surface area contributed by atoms with Crippen LogP contribution in [0.2, 0.25) is 0 Å². The Kier molecular flexibility index (Phi) is 3.65. The van der Waals surface area contributed by atoms with Crippen molar-refractivity contribution in [2.45, 2.75) is 0 Å². The molecule has 3 rings (SSSR count). The van der Waals surface area contributed by atoms with Gasteiger partial charge in [-0.1, -0.05) is 18.2 Å². The Morgan fingerprint density at radius 1 is 1.23 bits per heavy atom. The average Bonchev–Trinajstić information content (AvgIpc) is 2.54. The molecule has 6 nitrogen and oxygen atoms in total. The Labute approximate surface area is 127 Å². The van der Waals surface area contributed by atoms with Gasteiger partial charge in [-0.15, -0.1) is 0 Å². The fourth-order valence-corrected chi connectivity index (χ4v) is 2.23. The summed E-state index contributed by atoms with van der Waals surface area (Å²) in [4.78, 5) is 24.0. The van der Waals surface area contributed by atoms with Crippen molar-refractivity contribution < 1.29 is 19.1 Å². The highest BCUT2D eigenvalue weighted by Crippen LogP contribution is 2.32. The zero-order valence-corrected chi connectivity index (χ0v) is 11.9. The lowest BCUT2D eigenvalue weighted by Gasteiger charge is -2.20. The second-order valence-corrected chi connectivity index (χ2v) is 4.67. The topological polar surface area (TPSA) is 76.7 Å². The molecule has 0 saturated carbocycles. The number of fused-ring (bicyclic) bond motifs is 1. The molecule has 0 aromatic heterocycles. The number of amides is 2. The Morgan fingerprint density at radius 2 is 2.05 bits per heavy atom. The van der Waals surface area contributed by atoms with E-state index < -0.39 is 0 Å². The van der Waals surface area contributed by atoms with Gasteiger partial charge in [0.2, 0.25) is 0 Å². The third-order valence-corrected chi connectivity index (χ3v) is 3.25. The van der Waals surface area contributed by atoms with Gasteiger partial charge in [-0.05, 0) is 24.3 Å². The summed E-state index contributed by atoms with van der Waals surface area (Å²) in [5.41, 5.74) is 1.26. The van der Waals surface area contributed by atoms with Crippen molar-refractivity contribution >= 4 is 23.2 Å². The van der Waals surface area contributed by atoms with Crippen molar-refractivity contribution in [3.63, 3.8) is 0 Å². The van der Waals surface area contributed by atoms with Crippen LogP contribution in [-0.2, 0) is 4.79 Å². The fraction of sp³-hybridized carbons (Fsp3) is 0.125. The van der Waals surface area contributed by atoms with Crippen LogP contribution in [0, 0.1) is 0 Å². The summed E-state index contributed by atoms with van der Waals surface area (Å²) in [5, 5.41) is 5.44. The molecule has 0 atom stereocenters. The van der Waals surface area contributed by atoms with Gasteiger partial charge in [-0.2, -0.15) is 0 Å². The number of ether oxygens (including phenoxy) is 2. The Hall–Kier alpha value is -3.02. The average molecular weight is 298 g/mol. The highest BCUT2D eigenvalue weighted by Gasteiger charge is 2.22. The number of nitrogens with one attached hydrogen (secondary N) is 2. The minimum Gasteiger partial charge on any atom is -0.495 e. The molecule has 0 aliphatic carbocycles. The van der Waals surface area contributed by atoms with Crippen LogP contribution < -0.4 is 20.1 Å². The van der Waals surface area contributed by atoms with E-state index in [9.17, 15) is 9.59 Å². The second-order valence-electron chi connectivity index (χ2n) is 4.67. The highest BCUT2D eigenvalue weighted by molar-refractivity contribution is 6.12. The number of hydrogen-bond acceptors (Lipinski definition) is 4. The molecule has 112 valence electrons. The molecule has 22 heavy (non-hydrogen) atoms. The molecular weight excluding hydrogens is 284 g/mol. The van der Waals surface area contributed by atoms with Gasteiger partial charge in [0.25, 0.3) is 11.8 Å². The van der Waals surface area contributed by atoms with Gasteiger partial charge >= 0.3 is 0 Å². The van der Waals surface area contributed by atoms with Gasteiger partial charge in [0.15, 0.2) is 6.61 Å². The molecule has 0 bridgehead atoms. The standard InChI is InChI=1S/C16H14N2O4/c1-21-12-7-3-2-6-11(12)17-16(20)10-5-4-8-13-15(10)18-14(19)9-22-13/h2-8H,9H2,1H3,(H,17,20)(H,18,19). The van der Waals surface area contributed by atoms with E-state index in [4.69, 9.17) is 9.47 Å². The van der Waals surface area contributed by atoms with Crippen molar-refractivity contribution in [2.24, 2.45) is 0 Å². The maximum Gasteiger partial charge on any atom is 0.262 e. The first kappa shape index (κ1) is 13.9. The lowest BCUT2D eigenvalue weighted by molar-refractivity contribution is -0.118. The lowest BCUT2D eigenvalue weighted by Crippen LogP contribution is -2.27. The highest BCUT2D eigenvalue weighted by atomic mass is 16.5. The number of anilines is 2. The van der Waals surface area contributed by atoms with Crippen LogP contribution in [0.4, 0.5) is 11.4 Å². The van der Waals surface area contributed by atoms with E-state index in [1.165, 1.54) is 7.11 Å². The monoisotopic (exact) mass is 298 g/mol. The van der Waals surface area contributed by atoms with E-state index in [0.29, 0.717) is 28.4 Å². The predicted molar refractivity (Wildman–Crippen MR) is 81.5 cm³/mol. The SMILES string of the molecule is COc1ccccc1NC(=O)c1cccc2c1NC(=O)CO2. The van der Waals surface area contributed by atoms with Gasteiger partial charge in [-0.3, -0.25) is 9.59 Å². The zero-order chi connectivity index (χ0) is 15.5. The molecule has 6 heteroatoms. The van der Waals surface area contributed by atoms with Gasteiger partial charge in [0.05, 0.1) is 24.0 Å². The lowest BCUT2D eigenvalue weighted by atomic mass is 10.1. The molecule has 2 N–H and O–H groups in total. The van der Waals surface area contributed by atoms with Crippen molar-refractivity contribution in [2.75, 3.05) is 24.4 Å². The summed E-state index contributed by atoms with van der Waals surface area (Å²) in [7, 11) is 1.53. The number of carbonyl (C=O) groups is 2. The number of methoxy groups -OCH3 is 1. The van der Waals surface area contributed by atoms with Crippen LogP contribution in [0.1, 0.15) is 10.4 Å². The molecule has 1 aliphatic rings. The van der Waals surface area contributed by atoms with E-state index in [2.05, 4.69) is 10.6 Å². The maximum atomic E-state index is 12.5. The summed E-state index contributed by atoms with van der Waals surface area (Å²) in [5.74, 6) is 0.394. The molecule has 2 aromatic rings. The van der Waals surface area contributed by atoms with Crippen LogP contribution in [0.3, 0.4) is 0 Å². The number of para-hydroxylation sites is 3. The van der Waals surface area contributed by atoms with Crippen molar-refractivity contribution in [1.82, 2.24) is 0 Å². The third kappa shape index (κ3) is 2.58. The molecule has 2 aromatic carbocycles. The summed E-state index contributed by atoms with van der Waals surface area (Å²) in [6.45, 7) is -0.0510. The van der Waals surface area contributed by atoms with Crippen LogP contribution in [0.15, 0.2) is 42.5 Å². The number of rotatable bonds is 3. The van der Waals surface area contributed by atoms with Gasteiger partial charge in [0, 0.05) is 0 Å². The Bertz CT molecular complexity index is 743. The minimum atomic E-state index is -0.354. The van der Waals surface area contributed by atoms with Crippen LogP contribution in [0.25, 0.3) is 0 Å². The Morgan fingerprint density at radius 3 is 2.86 bits per heavy atom. The summed E-state index contributed by atoms with van der Waals surface area (Å²) < 4.78 is 10.5. The van der Waals surface area contributed by atoms with Crippen molar-refractivity contribution in [1.29, 1.82) is 0 Å². The molecule has 2 amide bonds. The predicted octanol–water partition coefficient (Wildman–Crippen LogP) is 2.28. The molecular formula is C16H14N2O4. The summed E-state index contributed by atoms with van der Waals surface area (Å²) >= 11 is 0. The van der Waals surface area contributed by atoms with Gasteiger partial charge < -0.3 is 20.1 Å². The quantitative estimate of drug-likeness (QED) is 0.911. The molecule has 0 spiro atoms. The third-order valence-electron chi connectivity index (χ3n) is 3.25. The summed E-state index contributed by atoms with van der Waals surface area (Å²) in [6.07, 6.45) is 0. The van der Waals surface area contributed by atoms with E-state index in [-0.39, 0.29) is 18.4 Å². The fourth-order valence-electron chi connectivity index (χ4n) is 2.23. The smallest absolute Gasteiger partial charge is 0.262 e. The molecule has 1 heterocycles. The van der Waals surface area contributed by atoms with Gasteiger partial charge in [-0.25, -0.2) is 0 Å². The van der Waals surface area contributed by atoms with E-state index in [0.717, 1.165) is 0 Å². The molecule has 0 unspecified atom stereocenters. The number of hydrogen-bond donors (Lipinski definition) is 2. The van der Waals surface area contributed by atoms with E-state index in [1.54, 1.807) is 36.4 Å². The Balaban J connectivity index is 1.92. The molecule has 0 radical (unpaired) electrons. The number of benzene rings is 2. The van der Waals surface area contributed by atoms with Crippen molar-refractivity contribution in [3.8, 4) is 11.5 Å². The first-order valence-corrected chi connectivity index (χ1v) is 6.69. The van der Waals surface area contributed by atoms with E-state index in [1.807, 2.05) is 6.07 Å². The van der Waals surface area contributed by atoms with Crippen LogP contribution in [0.5, 0.6) is 11.5 Å². The second kappa shape index (κ2) is 5.77. The zero-order valence-electron chi connectivity index (χ0n) is 11.9. The molecule has 0 fully saturated rings. The van der Waals surface area contributed by atoms with E-state index >= 15 is 0 Å². The minimum absolute atomic E-state index is 0.0510. The maximum absolute atomic E-state index is 12.5. The molecule has 0 saturated heterocycles. The largest absolute Gasteiger partial charge is 0.495 e.